The third-order valence-corrected chi connectivity index (χ3v) is 5.80. The van der Waals surface area contributed by atoms with E-state index >= 15 is 0 Å². The van der Waals surface area contributed by atoms with E-state index in [0.717, 1.165) is 27.1 Å². The molecule has 31 heavy (non-hydrogen) atoms. The molecule has 0 fully saturated rings. The minimum Gasteiger partial charge on any atom is -0.454 e. The number of Topliss-reactive ketones (excluding diaryl/α,β-unsaturated/α-hetero) is 1. The zero-order valence-electron chi connectivity index (χ0n) is 16.8. The molecule has 4 aromatic carbocycles. The fraction of sp³-hybridized carbons (Fsp3) is 0.115. The Morgan fingerprint density at radius 3 is 2.23 bits per heavy atom. The summed E-state index contributed by atoms with van der Waals surface area (Å²) in [5.74, 6) is -1.25. The predicted molar refractivity (Wildman–Crippen MR) is 120 cm³/mol. The van der Waals surface area contributed by atoms with Crippen LogP contribution in [0.1, 0.15) is 39.1 Å². The van der Waals surface area contributed by atoms with Gasteiger partial charge in [-0.15, -0.1) is 0 Å². The Labute approximate surface area is 178 Å². The number of hydrogen-bond donors (Lipinski definition) is 1. The molecule has 0 bridgehead atoms. The van der Waals surface area contributed by atoms with Gasteiger partial charge in [-0.1, -0.05) is 48.5 Å². The molecular weight excluding hydrogens is 390 g/mol. The van der Waals surface area contributed by atoms with Gasteiger partial charge in [-0.05, 0) is 58.3 Å². The van der Waals surface area contributed by atoms with Crippen molar-refractivity contribution in [2.75, 3.05) is 11.9 Å². The number of anilines is 1. The zero-order chi connectivity index (χ0) is 21.5. The Morgan fingerprint density at radius 1 is 0.903 bits per heavy atom. The molecule has 4 aromatic rings. The summed E-state index contributed by atoms with van der Waals surface area (Å²) in [4.78, 5) is 37.6. The van der Waals surface area contributed by atoms with E-state index in [2.05, 4.69) is 5.32 Å². The molecule has 0 spiro atoms. The van der Waals surface area contributed by atoms with E-state index < -0.39 is 5.97 Å². The lowest BCUT2D eigenvalue weighted by molar-refractivity contribution is -0.116. The molecule has 0 saturated carbocycles. The van der Waals surface area contributed by atoms with Gasteiger partial charge in [0.05, 0.1) is 11.5 Å². The van der Waals surface area contributed by atoms with Crippen molar-refractivity contribution in [1.82, 2.24) is 0 Å². The molecule has 0 unspecified atom stereocenters. The maximum Gasteiger partial charge on any atom is 0.339 e. The van der Waals surface area contributed by atoms with Crippen LogP contribution in [-0.2, 0) is 9.53 Å². The average Bonchev–Trinajstić information content (AvgIpc) is 3.08. The molecular formula is C26H19NO4. The van der Waals surface area contributed by atoms with Crippen molar-refractivity contribution in [2.45, 2.75) is 12.8 Å². The highest BCUT2D eigenvalue weighted by Crippen LogP contribution is 2.33. The number of ketones is 1. The molecule has 1 heterocycles. The summed E-state index contributed by atoms with van der Waals surface area (Å²) >= 11 is 0. The normalized spacial score (nSPS) is 15.0. The van der Waals surface area contributed by atoms with Gasteiger partial charge in [-0.25, -0.2) is 4.79 Å². The Kier molecular flexibility index (Phi) is 4.51. The van der Waals surface area contributed by atoms with Crippen LogP contribution >= 0.6 is 0 Å². The predicted octanol–water partition coefficient (Wildman–Crippen LogP) is 5.09. The summed E-state index contributed by atoms with van der Waals surface area (Å²) in [5.41, 5.74) is 2.37. The lowest BCUT2D eigenvalue weighted by Gasteiger charge is -2.11. The maximum atomic E-state index is 13.1. The molecule has 0 saturated heterocycles. The van der Waals surface area contributed by atoms with Crippen LogP contribution in [0.3, 0.4) is 0 Å². The van der Waals surface area contributed by atoms with Crippen LogP contribution in [0.2, 0.25) is 0 Å². The van der Waals surface area contributed by atoms with Gasteiger partial charge in [-0.2, -0.15) is 0 Å². The third kappa shape index (κ3) is 3.24. The number of benzene rings is 4. The molecule has 5 rings (SSSR count). The van der Waals surface area contributed by atoms with Crippen LogP contribution in [0.4, 0.5) is 5.69 Å². The van der Waals surface area contributed by atoms with E-state index in [9.17, 15) is 14.4 Å². The zero-order valence-corrected chi connectivity index (χ0v) is 16.8. The molecule has 1 atom stereocenters. The first kappa shape index (κ1) is 19.0. The van der Waals surface area contributed by atoms with Crippen molar-refractivity contribution in [3.8, 4) is 0 Å². The van der Waals surface area contributed by atoms with E-state index in [4.69, 9.17) is 4.74 Å². The van der Waals surface area contributed by atoms with Gasteiger partial charge >= 0.3 is 5.97 Å². The second-order valence-corrected chi connectivity index (χ2v) is 7.71. The molecule has 5 heteroatoms. The largest absolute Gasteiger partial charge is 0.454 e. The monoisotopic (exact) mass is 409 g/mol. The summed E-state index contributed by atoms with van der Waals surface area (Å²) in [6.07, 6.45) is 0. The first-order valence-electron chi connectivity index (χ1n) is 10.1. The molecule has 0 aliphatic carbocycles. The topological polar surface area (TPSA) is 72.5 Å². The van der Waals surface area contributed by atoms with Gasteiger partial charge in [0.25, 0.3) is 0 Å². The van der Waals surface area contributed by atoms with Crippen molar-refractivity contribution >= 4 is 44.9 Å². The first-order valence-corrected chi connectivity index (χ1v) is 10.1. The Morgan fingerprint density at radius 2 is 1.55 bits per heavy atom. The smallest absolute Gasteiger partial charge is 0.339 e. The van der Waals surface area contributed by atoms with E-state index in [1.165, 1.54) is 0 Å². The van der Waals surface area contributed by atoms with E-state index in [1.54, 1.807) is 25.1 Å². The van der Waals surface area contributed by atoms with E-state index in [1.807, 2.05) is 54.6 Å². The first-order chi connectivity index (χ1) is 15.0. The van der Waals surface area contributed by atoms with Gasteiger partial charge in [0, 0.05) is 11.3 Å². The number of esters is 1. The number of rotatable bonds is 4. The van der Waals surface area contributed by atoms with E-state index in [-0.39, 0.29) is 24.2 Å². The van der Waals surface area contributed by atoms with Crippen molar-refractivity contribution in [2.24, 2.45) is 0 Å². The van der Waals surface area contributed by atoms with Crippen molar-refractivity contribution < 1.29 is 19.1 Å². The number of carbonyl (C=O) groups is 3. The molecule has 5 nitrogen and oxygen atoms in total. The summed E-state index contributed by atoms with van der Waals surface area (Å²) in [7, 11) is 0. The molecule has 152 valence electrons. The van der Waals surface area contributed by atoms with Crippen LogP contribution in [0, 0.1) is 0 Å². The SMILES string of the molecule is C[C@@H]1C(=O)Nc2ccc(C(=O)COC(=O)c3c4ccccc4cc4ccccc34)cc21. The number of ether oxygens (including phenoxy) is 1. The van der Waals surface area contributed by atoms with Crippen LogP contribution in [0.25, 0.3) is 21.5 Å². The van der Waals surface area contributed by atoms with Gasteiger partial charge in [0.1, 0.15) is 0 Å². The lowest BCUT2D eigenvalue weighted by Crippen LogP contribution is -2.15. The Bertz CT molecular complexity index is 1340. The minimum atomic E-state index is -0.535. The highest BCUT2D eigenvalue weighted by Gasteiger charge is 2.27. The standard InChI is InChI=1S/C26H19NO4/c1-15-21-13-18(10-11-22(21)27-25(15)29)23(28)14-31-26(30)24-19-8-4-2-6-16(19)12-17-7-3-5-9-20(17)24/h2-13,15H,14H2,1H3,(H,27,29)/t15-/m0/s1. The molecule has 1 aliphatic heterocycles. The van der Waals surface area contributed by atoms with Crippen LogP contribution in [0.5, 0.6) is 0 Å². The minimum absolute atomic E-state index is 0.0890. The van der Waals surface area contributed by atoms with Crippen LogP contribution in [0.15, 0.2) is 72.8 Å². The highest BCUT2D eigenvalue weighted by molar-refractivity contribution is 6.17. The number of carbonyl (C=O) groups excluding carboxylic acids is 3. The summed E-state index contributed by atoms with van der Waals surface area (Å²) in [5, 5.41) is 6.23. The molecule has 0 aromatic heterocycles. The van der Waals surface area contributed by atoms with Gasteiger partial charge in [-0.3, -0.25) is 9.59 Å². The van der Waals surface area contributed by atoms with Gasteiger partial charge in [0.2, 0.25) is 5.91 Å². The fourth-order valence-electron chi connectivity index (χ4n) is 4.11. The Balaban J connectivity index is 1.43. The second kappa shape index (κ2) is 7.36. The second-order valence-electron chi connectivity index (χ2n) is 7.71. The molecule has 0 radical (unpaired) electrons. The number of amides is 1. The summed E-state index contributed by atoms with van der Waals surface area (Å²) < 4.78 is 5.46. The van der Waals surface area contributed by atoms with Gasteiger partial charge in [0.15, 0.2) is 12.4 Å². The lowest BCUT2D eigenvalue weighted by atomic mass is 9.97. The molecule has 1 aliphatic rings. The number of hydrogen-bond acceptors (Lipinski definition) is 4. The van der Waals surface area contributed by atoms with Gasteiger partial charge < -0.3 is 10.1 Å². The van der Waals surface area contributed by atoms with Crippen molar-refractivity contribution in [3.63, 3.8) is 0 Å². The molecule has 1 amide bonds. The van der Waals surface area contributed by atoms with Crippen LogP contribution in [-0.4, -0.2) is 24.3 Å². The summed E-state index contributed by atoms with van der Waals surface area (Å²) in [6.45, 7) is 1.42. The average molecular weight is 409 g/mol. The highest BCUT2D eigenvalue weighted by atomic mass is 16.5. The maximum absolute atomic E-state index is 13.1. The Hall–Kier alpha value is -3.99. The van der Waals surface area contributed by atoms with Crippen molar-refractivity contribution in [3.05, 3.63) is 89.5 Å². The number of nitrogens with one attached hydrogen (secondary N) is 1. The third-order valence-electron chi connectivity index (χ3n) is 5.80. The summed E-state index contributed by atoms with van der Waals surface area (Å²) in [6, 6.07) is 22.3. The fourth-order valence-corrected chi connectivity index (χ4v) is 4.11. The van der Waals surface area contributed by atoms with Crippen molar-refractivity contribution in [1.29, 1.82) is 0 Å². The number of fused-ring (bicyclic) bond motifs is 3. The quantitative estimate of drug-likeness (QED) is 0.290. The van der Waals surface area contributed by atoms with Crippen LogP contribution < -0.4 is 5.32 Å². The molecule has 1 N–H and O–H groups in total. The van der Waals surface area contributed by atoms with E-state index in [0.29, 0.717) is 16.8 Å².